The van der Waals surface area contributed by atoms with Crippen molar-refractivity contribution >= 4 is 52.4 Å². The number of benzene rings is 2. The number of halogens is 4. The summed E-state index contributed by atoms with van der Waals surface area (Å²) < 4.78 is 18.0. The number of anilines is 1. The Morgan fingerprint density at radius 1 is 1.08 bits per heavy atom. The van der Waals surface area contributed by atoms with Crippen LogP contribution in [0.4, 0.5) is 10.1 Å². The summed E-state index contributed by atoms with van der Waals surface area (Å²) in [4.78, 5) is 24.1. The van der Waals surface area contributed by atoms with Gasteiger partial charge in [0.15, 0.2) is 6.10 Å². The van der Waals surface area contributed by atoms with Crippen molar-refractivity contribution in [3.63, 3.8) is 0 Å². The second-order valence-electron chi connectivity index (χ2n) is 4.82. The molecule has 0 aliphatic rings. The standard InChI is InChI=1S/C16H11Cl3FNO3/c1-8(15(22)21-14-3-2-12(20)7-13(14)19)24-16(23)9-4-10(17)6-11(18)5-9/h2-8H,1H3,(H,21,22). The van der Waals surface area contributed by atoms with Gasteiger partial charge in [-0.1, -0.05) is 34.8 Å². The highest BCUT2D eigenvalue weighted by Crippen LogP contribution is 2.23. The van der Waals surface area contributed by atoms with E-state index in [4.69, 9.17) is 39.5 Å². The van der Waals surface area contributed by atoms with E-state index in [1.807, 2.05) is 0 Å². The number of esters is 1. The van der Waals surface area contributed by atoms with E-state index in [9.17, 15) is 14.0 Å². The summed E-state index contributed by atoms with van der Waals surface area (Å²) in [5, 5.41) is 3.02. The van der Waals surface area contributed by atoms with Crippen LogP contribution in [0.3, 0.4) is 0 Å². The molecule has 2 rings (SSSR count). The van der Waals surface area contributed by atoms with Crippen LogP contribution in [0.1, 0.15) is 17.3 Å². The topological polar surface area (TPSA) is 55.4 Å². The molecule has 0 spiro atoms. The van der Waals surface area contributed by atoms with Gasteiger partial charge in [0, 0.05) is 10.0 Å². The van der Waals surface area contributed by atoms with Crippen molar-refractivity contribution in [2.75, 3.05) is 5.32 Å². The molecule has 4 nitrogen and oxygen atoms in total. The van der Waals surface area contributed by atoms with E-state index < -0.39 is 23.8 Å². The lowest BCUT2D eigenvalue weighted by Crippen LogP contribution is -2.30. The maximum absolute atomic E-state index is 13.0. The quantitative estimate of drug-likeness (QED) is 0.750. The molecule has 1 N–H and O–H groups in total. The van der Waals surface area contributed by atoms with Crippen LogP contribution in [-0.4, -0.2) is 18.0 Å². The Morgan fingerprint density at radius 3 is 2.29 bits per heavy atom. The van der Waals surface area contributed by atoms with E-state index >= 15 is 0 Å². The zero-order chi connectivity index (χ0) is 17.9. The number of hydrogen-bond donors (Lipinski definition) is 1. The molecule has 0 aliphatic heterocycles. The van der Waals surface area contributed by atoms with Crippen LogP contribution in [0.2, 0.25) is 15.1 Å². The van der Waals surface area contributed by atoms with Gasteiger partial charge >= 0.3 is 5.97 Å². The molecule has 0 aromatic heterocycles. The Labute approximate surface area is 152 Å². The minimum Gasteiger partial charge on any atom is -0.449 e. The molecule has 0 heterocycles. The van der Waals surface area contributed by atoms with Crippen LogP contribution in [0.5, 0.6) is 0 Å². The first-order valence-electron chi connectivity index (χ1n) is 6.69. The van der Waals surface area contributed by atoms with Crippen LogP contribution in [-0.2, 0) is 9.53 Å². The molecule has 1 atom stereocenters. The molecular formula is C16H11Cl3FNO3. The van der Waals surface area contributed by atoms with Gasteiger partial charge in [-0.2, -0.15) is 0 Å². The minimum absolute atomic E-state index is 0.0310. The Morgan fingerprint density at radius 2 is 1.71 bits per heavy atom. The van der Waals surface area contributed by atoms with Crippen molar-refractivity contribution < 1.29 is 18.7 Å². The second kappa shape index (κ2) is 7.83. The van der Waals surface area contributed by atoms with Crippen molar-refractivity contribution in [1.29, 1.82) is 0 Å². The van der Waals surface area contributed by atoms with Gasteiger partial charge in [0.1, 0.15) is 5.82 Å². The molecule has 8 heteroatoms. The molecule has 2 aromatic carbocycles. The summed E-state index contributed by atoms with van der Waals surface area (Å²) in [6.45, 7) is 1.39. The van der Waals surface area contributed by atoms with Crippen molar-refractivity contribution in [3.8, 4) is 0 Å². The fourth-order valence-corrected chi connectivity index (χ4v) is 2.52. The molecule has 0 aliphatic carbocycles. The van der Waals surface area contributed by atoms with Crippen LogP contribution in [0.25, 0.3) is 0 Å². The molecule has 1 amide bonds. The summed E-state index contributed by atoms with van der Waals surface area (Å²) in [7, 11) is 0. The average Bonchev–Trinajstić information content (AvgIpc) is 2.48. The van der Waals surface area contributed by atoms with E-state index in [-0.39, 0.29) is 26.3 Å². The first-order chi connectivity index (χ1) is 11.3. The zero-order valence-electron chi connectivity index (χ0n) is 12.3. The smallest absolute Gasteiger partial charge is 0.339 e. The van der Waals surface area contributed by atoms with E-state index in [1.54, 1.807) is 0 Å². The van der Waals surface area contributed by atoms with Crippen molar-refractivity contribution in [3.05, 3.63) is 62.8 Å². The molecule has 126 valence electrons. The number of rotatable bonds is 4. The van der Waals surface area contributed by atoms with E-state index in [1.165, 1.54) is 31.2 Å². The van der Waals surface area contributed by atoms with E-state index in [2.05, 4.69) is 5.32 Å². The van der Waals surface area contributed by atoms with Gasteiger partial charge < -0.3 is 10.1 Å². The summed E-state index contributed by atoms with van der Waals surface area (Å²) in [5.74, 6) is -1.91. The highest BCUT2D eigenvalue weighted by atomic mass is 35.5. The van der Waals surface area contributed by atoms with Crippen molar-refractivity contribution in [2.24, 2.45) is 0 Å². The van der Waals surface area contributed by atoms with Crippen molar-refractivity contribution in [1.82, 2.24) is 0 Å². The lowest BCUT2D eigenvalue weighted by molar-refractivity contribution is -0.123. The molecule has 0 bridgehead atoms. The SMILES string of the molecule is CC(OC(=O)c1cc(Cl)cc(Cl)c1)C(=O)Nc1ccc(F)cc1Cl. The lowest BCUT2D eigenvalue weighted by Gasteiger charge is -2.14. The predicted molar refractivity (Wildman–Crippen MR) is 91.4 cm³/mol. The number of nitrogens with one attached hydrogen (secondary N) is 1. The summed E-state index contributed by atoms with van der Waals surface area (Å²) in [6, 6.07) is 7.72. The fraction of sp³-hybridized carbons (Fsp3) is 0.125. The fourth-order valence-electron chi connectivity index (χ4n) is 1.78. The Balaban J connectivity index is 2.04. The Hall–Kier alpha value is -1.82. The monoisotopic (exact) mass is 389 g/mol. The highest BCUT2D eigenvalue weighted by molar-refractivity contribution is 6.35. The van der Waals surface area contributed by atoms with Crippen LogP contribution in [0, 0.1) is 5.82 Å². The number of carbonyl (C=O) groups is 2. The number of hydrogen-bond acceptors (Lipinski definition) is 3. The molecule has 2 aromatic rings. The zero-order valence-corrected chi connectivity index (χ0v) is 14.5. The third-order valence-corrected chi connectivity index (χ3v) is 3.69. The number of amides is 1. The molecule has 0 radical (unpaired) electrons. The third kappa shape index (κ3) is 4.84. The third-order valence-electron chi connectivity index (χ3n) is 2.94. The van der Waals surface area contributed by atoms with Gasteiger partial charge in [0.25, 0.3) is 5.91 Å². The maximum atomic E-state index is 13.0. The second-order valence-corrected chi connectivity index (χ2v) is 6.10. The average molecular weight is 391 g/mol. The first kappa shape index (κ1) is 18.5. The number of ether oxygens (including phenoxy) is 1. The van der Waals surface area contributed by atoms with Gasteiger partial charge in [-0.15, -0.1) is 0 Å². The van der Waals surface area contributed by atoms with Crippen molar-refractivity contribution in [2.45, 2.75) is 13.0 Å². The molecule has 24 heavy (non-hydrogen) atoms. The molecular weight excluding hydrogens is 380 g/mol. The Kier molecular flexibility index (Phi) is 6.04. The van der Waals surface area contributed by atoms with Gasteiger partial charge in [-0.05, 0) is 43.3 Å². The lowest BCUT2D eigenvalue weighted by atomic mass is 10.2. The molecule has 1 unspecified atom stereocenters. The van der Waals surface area contributed by atoms with E-state index in [0.29, 0.717) is 0 Å². The van der Waals surface area contributed by atoms with Crippen LogP contribution in [0.15, 0.2) is 36.4 Å². The van der Waals surface area contributed by atoms with E-state index in [0.717, 1.165) is 12.1 Å². The Bertz CT molecular complexity index is 778. The van der Waals surface area contributed by atoms with Gasteiger partial charge in [-0.25, -0.2) is 9.18 Å². The number of carbonyl (C=O) groups excluding carboxylic acids is 2. The minimum atomic E-state index is -1.11. The van der Waals surface area contributed by atoms with Gasteiger partial charge in [0.05, 0.1) is 16.3 Å². The highest BCUT2D eigenvalue weighted by Gasteiger charge is 2.20. The normalized spacial score (nSPS) is 11.7. The van der Waals surface area contributed by atoms with Crippen LogP contribution < -0.4 is 5.32 Å². The predicted octanol–water partition coefficient (Wildman–Crippen LogP) is 4.97. The molecule has 0 fully saturated rings. The van der Waals surface area contributed by atoms with Gasteiger partial charge in [-0.3, -0.25) is 4.79 Å². The summed E-state index contributed by atoms with van der Waals surface area (Å²) >= 11 is 17.5. The molecule has 0 saturated heterocycles. The van der Waals surface area contributed by atoms with Crippen LogP contribution >= 0.6 is 34.8 Å². The molecule has 0 saturated carbocycles. The van der Waals surface area contributed by atoms with Gasteiger partial charge in [0.2, 0.25) is 0 Å². The largest absolute Gasteiger partial charge is 0.449 e. The maximum Gasteiger partial charge on any atom is 0.339 e. The summed E-state index contributed by atoms with van der Waals surface area (Å²) in [5.41, 5.74) is 0.323. The first-order valence-corrected chi connectivity index (χ1v) is 7.82. The summed E-state index contributed by atoms with van der Waals surface area (Å²) in [6.07, 6.45) is -1.11.